The molecule has 2 nitrogen and oxygen atoms in total. The van der Waals surface area contributed by atoms with E-state index in [0.717, 1.165) is 12.0 Å². The van der Waals surface area contributed by atoms with Crippen LogP contribution in [0.3, 0.4) is 0 Å². The van der Waals surface area contributed by atoms with Crippen LogP contribution in [0.15, 0.2) is 11.6 Å². The number of carbonyl (C=O) groups is 1. The van der Waals surface area contributed by atoms with Crippen molar-refractivity contribution in [1.29, 1.82) is 0 Å². The van der Waals surface area contributed by atoms with Crippen LogP contribution in [0, 0.1) is 5.92 Å². The molecule has 1 unspecified atom stereocenters. The average molecular weight is 169 g/mol. The molecule has 0 radical (unpaired) electrons. The van der Waals surface area contributed by atoms with Crippen LogP contribution in [-0.4, -0.2) is 12.3 Å². The highest BCUT2D eigenvalue weighted by Crippen LogP contribution is 2.07. The van der Waals surface area contributed by atoms with E-state index in [-0.39, 0.29) is 5.78 Å². The molecule has 12 heavy (non-hydrogen) atoms. The zero-order valence-electron chi connectivity index (χ0n) is 8.26. The van der Waals surface area contributed by atoms with Gasteiger partial charge in [0.15, 0.2) is 5.78 Å². The first-order chi connectivity index (χ1) is 5.60. The van der Waals surface area contributed by atoms with Crippen LogP contribution < -0.4 is 5.73 Å². The largest absolute Gasteiger partial charge is 0.330 e. The molecule has 0 aromatic rings. The van der Waals surface area contributed by atoms with E-state index in [1.165, 1.54) is 0 Å². The van der Waals surface area contributed by atoms with Crippen molar-refractivity contribution >= 4 is 5.78 Å². The Kier molecular flexibility index (Phi) is 5.64. The molecular weight excluding hydrogens is 150 g/mol. The first-order valence-electron chi connectivity index (χ1n) is 4.48. The maximum Gasteiger partial charge on any atom is 0.155 e. The Morgan fingerprint density at radius 1 is 1.50 bits per heavy atom. The molecule has 0 aromatic heterocycles. The molecule has 0 amide bonds. The average Bonchev–Trinajstić information content (AvgIpc) is 1.98. The fraction of sp³-hybridized carbons (Fsp3) is 0.700. The van der Waals surface area contributed by atoms with Gasteiger partial charge in [-0.15, -0.1) is 0 Å². The van der Waals surface area contributed by atoms with E-state index in [9.17, 15) is 4.79 Å². The highest BCUT2D eigenvalue weighted by Gasteiger charge is 2.07. The number of hydrogen-bond donors (Lipinski definition) is 1. The van der Waals surface area contributed by atoms with Gasteiger partial charge in [-0.05, 0) is 32.4 Å². The molecule has 0 aliphatic carbocycles. The lowest BCUT2D eigenvalue weighted by molar-refractivity contribution is -0.115. The van der Waals surface area contributed by atoms with Gasteiger partial charge < -0.3 is 5.73 Å². The molecule has 0 spiro atoms. The van der Waals surface area contributed by atoms with Crippen molar-refractivity contribution in [1.82, 2.24) is 0 Å². The third kappa shape index (κ3) is 5.08. The summed E-state index contributed by atoms with van der Waals surface area (Å²) in [6.07, 6.45) is 3.27. The van der Waals surface area contributed by atoms with E-state index in [1.54, 1.807) is 6.08 Å². The number of nitrogens with two attached hydrogens (primary N) is 1. The summed E-state index contributed by atoms with van der Waals surface area (Å²) in [6.45, 7) is 6.54. The molecule has 0 aliphatic rings. The molecule has 0 rings (SSSR count). The first kappa shape index (κ1) is 11.4. The topological polar surface area (TPSA) is 43.1 Å². The maximum absolute atomic E-state index is 11.2. The molecule has 0 saturated heterocycles. The molecule has 0 saturated carbocycles. The molecular formula is C10H19NO. The van der Waals surface area contributed by atoms with Gasteiger partial charge in [0.1, 0.15) is 0 Å². The van der Waals surface area contributed by atoms with Crippen molar-refractivity contribution in [2.24, 2.45) is 11.7 Å². The molecule has 0 fully saturated rings. The Labute approximate surface area is 74.8 Å². The van der Waals surface area contributed by atoms with Crippen LogP contribution in [0.5, 0.6) is 0 Å². The van der Waals surface area contributed by atoms with E-state index < -0.39 is 0 Å². The minimum atomic E-state index is 0.201. The fourth-order valence-electron chi connectivity index (χ4n) is 1.06. The van der Waals surface area contributed by atoms with Crippen molar-refractivity contribution in [3.05, 3.63) is 11.6 Å². The summed E-state index contributed by atoms with van der Waals surface area (Å²) in [6, 6.07) is 0. The van der Waals surface area contributed by atoms with E-state index in [2.05, 4.69) is 6.92 Å². The SMILES string of the molecule is CCC(CN)CC(=O)C=C(C)C. The van der Waals surface area contributed by atoms with Crippen molar-refractivity contribution < 1.29 is 4.79 Å². The van der Waals surface area contributed by atoms with Crippen LogP contribution in [0.1, 0.15) is 33.6 Å². The summed E-state index contributed by atoms with van der Waals surface area (Å²) in [5, 5.41) is 0. The van der Waals surface area contributed by atoms with Gasteiger partial charge >= 0.3 is 0 Å². The van der Waals surface area contributed by atoms with Gasteiger partial charge in [0, 0.05) is 6.42 Å². The summed E-state index contributed by atoms with van der Waals surface area (Å²) in [5.41, 5.74) is 6.55. The first-order valence-corrected chi connectivity index (χ1v) is 4.48. The summed E-state index contributed by atoms with van der Waals surface area (Å²) >= 11 is 0. The summed E-state index contributed by atoms with van der Waals surface area (Å²) in [4.78, 5) is 11.2. The van der Waals surface area contributed by atoms with Crippen molar-refractivity contribution in [3.63, 3.8) is 0 Å². The summed E-state index contributed by atoms with van der Waals surface area (Å²) in [5.74, 6) is 0.556. The second kappa shape index (κ2) is 5.95. The lowest BCUT2D eigenvalue weighted by Crippen LogP contribution is -2.16. The zero-order chi connectivity index (χ0) is 9.56. The molecule has 0 aliphatic heterocycles. The normalized spacial score (nSPS) is 12.3. The number of allylic oxidation sites excluding steroid dienone is 2. The minimum Gasteiger partial charge on any atom is -0.330 e. The molecule has 2 N–H and O–H groups in total. The lowest BCUT2D eigenvalue weighted by Gasteiger charge is -2.08. The van der Waals surface area contributed by atoms with E-state index in [4.69, 9.17) is 5.73 Å². The minimum absolute atomic E-state index is 0.201. The van der Waals surface area contributed by atoms with Gasteiger partial charge in [0.2, 0.25) is 0 Å². The Hall–Kier alpha value is -0.630. The van der Waals surface area contributed by atoms with Crippen LogP contribution in [0.4, 0.5) is 0 Å². The van der Waals surface area contributed by atoms with Crippen molar-refractivity contribution in [2.45, 2.75) is 33.6 Å². The monoisotopic (exact) mass is 169 g/mol. The Morgan fingerprint density at radius 3 is 2.42 bits per heavy atom. The number of ketones is 1. The van der Waals surface area contributed by atoms with E-state index in [1.807, 2.05) is 13.8 Å². The second-order valence-corrected chi connectivity index (χ2v) is 3.40. The van der Waals surface area contributed by atoms with Gasteiger partial charge in [-0.2, -0.15) is 0 Å². The quantitative estimate of drug-likeness (QED) is 0.639. The van der Waals surface area contributed by atoms with Gasteiger partial charge in [0.05, 0.1) is 0 Å². The lowest BCUT2D eigenvalue weighted by atomic mass is 9.99. The van der Waals surface area contributed by atoms with Crippen LogP contribution in [-0.2, 0) is 4.79 Å². The molecule has 0 aromatic carbocycles. The highest BCUT2D eigenvalue weighted by molar-refractivity contribution is 5.90. The van der Waals surface area contributed by atoms with Crippen LogP contribution >= 0.6 is 0 Å². The van der Waals surface area contributed by atoms with Gasteiger partial charge in [-0.1, -0.05) is 18.9 Å². The molecule has 0 heterocycles. The Morgan fingerprint density at radius 2 is 2.08 bits per heavy atom. The smallest absolute Gasteiger partial charge is 0.155 e. The van der Waals surface area contributed by atoms with E-state index >= 15 is 0 Å². The highest BCUT2D eigenvalue weighted by atomic mass is 16.1. The van der Waals surface area contributed by atoms with Crippen molar-refractivity contribution in [3.8, 4) is 0 Å². The van der Waals surface area contributed by atoms with Gasteiger partial charge in [-0.3, -0.25) is 4.79 Å². The molecule has 2 heteroatoms. The Bertz CT molecular complexity index is 165. The summed E-state index contributed by atoms with van der Waals surface area (Å²) < 4.78 is 0. The van der Waals surface area contributed by atoms with Crippen LogP contribution in [0.2, 0.25) is 0 Å². The second-order valence-electron chi connectivity index (χ2n) is 3.40. The zero-order valence-corrected chi connectivity index (χ0v) is 8.26. The number of carbonyl (C=O) groups excluding carboxylic acids is 1. The third-order valence-electron chi connectivity index (χ3n) is 1.85. The van der Waals surface area contributed by atoms with Crippen LogP contribution in [0.25, 0.3) is 0 Å². The van der Waals surface area contributed by atoms with Gasteiger partial charge in [0.25, 0.3) is 0 Å². The van der Waals surface area contributed by atoms with Gasteiger partial charge in [-0.25, -0.2) is 0 Å². The predicted molar refractivity (Wildman–Crippen MR) is 51.9 cm³/mol. The number of hydrogen-bond acceptors (Lipinski definition) is 2. The van der Waals surface area contributed by atoms with Crippen molar-refractivity contribution in [2.75, 3.05) is 6.54 Å². The molecule has 0 bridgehead atoms. The summed E-state index contributed by atoms with van der Waals surface area (Å²) in [7, 11) is 0. The number of rotatable bonds is 5. The third-order valence-corrected chi connectivity index (χ3v) is 1.85. The maximum atomic E-state index is 11.2. The van der Waals surface area contributed by atoms with E-state index in [0.29, 0.717) is 18.9 Å². The predicted octanol–water partition coefficient (Wildman–Crippen LogP) is 1.90. The standard InChI is InChI=1S/C10H19NO/c1-4-9(7-11)6-10(12)5-8(2)3/h5,9H,4,6-7,11H2,1-3H3. The molecule has 1 atom stereocenters. The Balaban J connectivity index is 3.90. The fourth-order valence-corrected chi connectivity index (χ4v) is 1.06. The molecule has 70 valence electrons.